The highest BCUT2D eigenvalue weighted by Gasteiger charge is 2.25. The second-order valence-electron chi connectivity index (χ2n) is 6.20. The molecular weight excluding hydrogens is 414 g/mol. The van der Waals surface area contributed by atoms with E-state index in [0.29, 0.717) is 18.0 Å². The highest BCUT2D eigenvalue weighted by Crippen LogP contribution is 2.33. The molecule has 0 aliphatic heterocycles. The lowest BCUT2D eigenvalue weighted by Crippen LogP contribution is -2.22. The second kappa shape index (κ2) is 8.50. The molecule has 3 aromatic rings. The molecule has 0 bridgehead atoms. The van der Waals surface area contributed by atoms with E-state index >= 15 is 0 Å². The molecule has 10 heteroatoms. The average Bonchev–Trinajstić information content (AvgIpc) is 3.20. The van der Waals surface area contributed by atoms with E-state index in [-0.39, 0.29) is 16.3 Å². The number of nitrogens with one attached hydrogen (secondary N) is 1. The molecule has 0 aliphatic rings. The zero-order valence-electron chi connectivity index (χ0n) is 15.7. The molecule has 0 atom stereocenters. The minimum Gasteiger partial charge on any atom is -0.495 e. The van der Waals surface area contributed by atoms with Gasteiger partial charge in [-0.3, -0.25) is 14.8 Å². The Hall–Kier alpha value is -3.11. The Morgan fingerprint density at radius 1 is 1.21 bits per heavy atom. The summed E-state index contributed by atoms with van der Waals surface area (Å²) in [5.74, 6) is 0.342. The van der Waals surface area contributed by atoms with Crippen LogP contribution in [0.4, 0.5) is 17.1 Å². The molecule has 0 unspecified atom stereocenters. The predicted octanol–water partition coefficient (Wildman–Crippen LogP) is 4.10. The third-order valence-electron chi connectivity index (χ3n) is 4.21. The summed E-state index contributed by atoms with van der Waals surface area (Å²) in [7, 11) is -0.962. The van der Waals surface area contributed by atoms with E-state index in [1.807, 2.05) is 16.8 Å². The lowest BCUT2D eigenvalue weighted by Gasteiger charge is -2.22. The van der Waals surface area contributed by atoms with Crippen molar-refractivity contribution in [2.24, 2.45) is 0 Å². The normalized spacial score (nSPS) is 11.1. The Kier molecular flexibility index (Phi) is 6.04. The Morgan fingerprint density at radius 2 is 1.97 bits per heavy atom. The van der Waals surface area contributed by atoms with Crippen molar-refractivity contribution in [3.63, 3.8) is 0 Å². The monoisotopic (exact) mass is 433 g/mol. The molecule has 1 aromatic heterocycles. The summed E-state index contributed by atoms with van der Waals surface area (Å²) in [6.07, 6.45) is 0. The maximum absolute atomic E-state index is 13.2. The number of para-hydroxylation sites is 2. The van der Waals surface area contributed by atoms with Gasteiger partial charge in [-0.1, -0.05) is 12.1 Å². The van der Waals surface area contributed by atoms with Gasteiger partial charge in [0.1, 0.15) is 10.6 Å². The highest BCUT2D eigenvalue weighted by molar-refractivity contribution is 7.93. The van der Waals surface area contributed by atoms with Gasteiger partial charge in [0, 0.05) is 25.7 Å². The number of thiophene rings is 1. The second-order valence-corrected chi connectivity index (χ2v) is 8.63. The van der Waals surface area contributed by atoms with Gasteiger partial charge in [0.15, 0.2) is 0 Å². The fourth-order valence-corrected chi connectivity index (χ4v) is 4.82. The third-order valence-corrected chi connectivity index (χ3v) is 6.33. The summed E-state index contributed by atoms with van der Waals surface area (Å²) in [5.41, 5.74) is 1.30. The van der Waals surface area contributed by atoms with E-state index in [0.717, 1.165) is 11.6 Å². The largest absolute Gasteiger partial charge is 0.495 e. The van der Waals surface area contributed by atoms with E-state index in [4.69, 9.17) is 4.74 Å². The number of sulfonamides is 1. The van der Waals surface area contributed by atoms with Crippen molar-refractivity contribution < 1.29 is 18.1 Å². The summed E-state index contributed by atoms with van der Waals surface area (Å²) in [6.45, 7) is 0.457. The Balaban J connectivity index is 2.04. The van der Waals surface area contributed by atoms with Gasteiger partial charge in [-0.15, -0.1) is 0 Å². The van der Waals surface area contributed by atoms with Crippen LogP contribution in [-0.2, 0) is 16.6 Å². The van der Waals surface area contributed by atoms with Gasteiger partial charge < -0.3 is 9.64 Å². The fourth-order valence-electron chi connectivity index (χ4n) is 2.82. The molecule has 0 aliphatic carbocycles. The van der Waals surface area contributed by atoms with E-state index in [9.17, 15) is 18.5 Å². The topological polar surface area (TPSA) is 102 Å². The van der Waals surface area contributed by atoms with Crippen LogP contribution in [0.25, 0.3) is 0 Å². The van der Waals surface area contributed by atoms with Gasteiger partial charge >= 0.3 is 0 Å². The van der Waals surface area contributed by atoms with Crippen LogP contribution in [-0.4, -0.2) is 27.5 Å². The van der Waals surface area contributed by atoms with Crippen molar-refractivity contribution >= 4 is 38.4 Å². The first-order chi connectivity index (χ1) is 13.8. The minimum atomic E-state index is -4.13. The van der Waals surface area contributed by atoms with Crippen molar-refractivity contribution in [1.82, 2.24) is 0 Å². The van der Waals surface area contributed by atoms with Gasteiger partial charge in [-0.2, -0.15) is 11.3 Å². The third kappa shape index (κ3) is 4.66. The van der Waals surface area contributed by atoms with Gasteiger partial charge in [-0.05, 0) is 40.6 Å². The van der Waals surface area contributed by atoms with Crippen LogP contribution in [0, 0.1) is 10.1 Å². The molecule has 2 aromatic carbocycles. The number of hydrogen-bond donors (Lipinski definition) is 1. The molecule has 1 heterocycles. The molecule has 0 spiro atoms. The average molecular weight is 434 g/mol. The predicted molar refractivity (Wildman–Crippen MR) is 113 cm³/mol. The van der Waals surface area contributed by atoms with E-state index in [2.05, 4.69) is 4.72 Å². The number of benzene rings is 2. The summed E-state index contributed by atoms with van der Waals surface area (Å²) in [5, 5.41) is 15.1. The van der Waals surface area contributed by atoms with Crippen LogP contribution in [0.5, 0.6) is 5.75 Å². The number of ether oxygens (including phenoxy) is 1. The van der Waals surface area contributed by atoms with E-state index in [1.54, 1.807) is 36.2 Å². The quantitative estimate of drug-likeness (QED) is 0.424. The Bertz CT molecular complexity index is 1110. The van der Waals surface area contributed by atoms with Crippen LogP contribution in [0.1, 0.15) is 5.56 Å². The van der Waals surface area contributed by atoms with E-state index < -0.39 is 14.9 Å². The Morgan fingerprint density at radius 3 is 2.62 bits per heavy atom. The molecule has 0 fully saturated rings. The number of methoxy groups -OCH3 is 1. The van der Waals surface area contributed by atoms with Crippen LogP contribution >= 0.6 is 11.3 Å². The molecule has 0 saturated heterocycles. The molecule has 0 amide bonds. The smallest absolute Gasteiger partial charge is 0.270 e. The van der Waals surface area contributed by atoms with Gasteiger partial charge in [0.2, 0.25) is 0 Å². The Labute approximate surface area is 172 Å². The van der Waals surface area contributed by atoms with Crippen LogP contribution in [0.15, 0.2) is 64.2 Å². The molecule has 3 rings (SSSR count). The minimum absolute atomic E-state index is 0.185. The molecule has 29 heavy (non-hydrogen) atoms. The highest BCUT2D eigenvalue weighted by atomic mass is 32.2. The van der Waals surface area contributed by atoms with Crippen molar-refractivity contribution in [2.45, 2.75) is 11.4 Å². The zero-order chi connectivity index (χ0) is 21.0. The molecule has 0 saturated carbocycles. The van der Waals surface area contributed by atoms with Crippen molar-refractivity contribution in [2.75, 3.05) is 23.8 Å². The first-order valence-electron chi connectivity index (χ1n) is 8.48. The van der Waals surface area contributed by atoms with Crippen molar-refractivity contribution in [3.05, 3.63) is 75.0 Å². The first kappa shape index (κ1) is 20.6. The van der Waals surface area contributed by atoms with Crippen molar-refractivity contribution in [1.29, 1.82) is 0 Å². The molecule has 0 radical (unpaired) electrons. The number of nitro groups is 1. The van der Waals surface area contributed by atoms with Crippen molar-refractivity contribution in [3.8, 4) is 5.75 Å². The number of non-ortho nitro benzene ring substituents is 1. The maximum atomic E-state index is 13.2. The number of nitrogens with zero attached hydrogens (tertiary/aromatic N) is 2. The van der Waals surface area contributed by atoms with Crippen LogP contribution in [0.3, 0.4) is 0 Å². The SMILES string of the molecule is COc1ccccc1NS(=O)(=O)c1cc([N+](=O)[O-])ccc1N(C)Cc1ccsc1. The van der Waals surface area contributed by atoms with E-state index in [1.165, 1.54) is 30.6 Å². The molecule has 8 nitrogen and oxygen atoms in total. The molecule has 1 N–H and O–H groups in total. The van der Waals surface area contributed by atoms with Gasteiger partial charge in [-0.25, -0.2) is 8.42 Å². The lowest BCUT2D eigenvalue weighted by molar-refractivity contribution is -0.385. The van der Waals surface area contributed by atoms with Crippen LogP contribution in [0.2, 0.25) is 0 Å². The fraction of sp³-hybridized carbons (Fsp3) is 0.158. The maximum Gasteiger partial charge on any atom is 0.270 e. The summed E-state index contributed by atoms with van der Waals surface area (Å²) in [4.78, 5) is 12.2. The van der Waals surface area contributed by atoms with Gasteiger partial charge in [0.05, 0.1) is 23.4 Å². The molecular formula is C19H19N3O5S2. The van der Waals surface area contributed by atoms with Crippen LogP contribution < -0.4 is 14.4 Å². The number of hydrogen-bond acceptors (Lipinski definition) is 7. The van der Waals surface area contributed by atoms with Gasteiger partial charge in [0.25, 0.3) is 15.7 Å². The first-order valence-corrected chi connectivity index (χ1v) is 10.9. The standard InChI is InChI=1S/C19H19N3O5S2/c1-21(12-14-9-10-28-13-14)17-8-7-15(22(23)24)11-19(17)29(25,26)20-16-5-3-4-6-18(16)27-2/h3-11,13,20H,12H2,1-2H3. The number of anilines is 2. The molecule has 152 valence electrons. The lowest BCUT2D eigenvalue weighted by atomic mass is 10.2. The summed E-state index contributed by atoms with van der Waals surface area (Å²) in [6, 6.07) is 12.3. The zero-order valence-corrected chi connectivity index (χ0v) is 17.4. The number of nitro benzene ring substituents is 1. The summed E-state index contributed by atoms with van der Waals surface area (Å²) < 4.78 is 34.0. The summed E-state index contributed by atoms with van der Waals surface area (Å²) >= 11 is 1.54. The number of rotatable bonds is 8.